The van der Waals surface area contributed by atoms with Crippen molar-refractivity contribution in [1.29, 1.82) is 0 Å². The summed E-state index contributed by atoms with van der Waals surface area (Å²) in [5.41, 5.74) is 10.2. The Morgan fingerprint density at radius 1 is 1.22 bits per heavy atom. The van der Waals surface area contributed by atoms with Crippen molar-refractivity contribution < 1.29 is 19.5 Å². The average molecular weight is 258 g/mol. The molecule has 0 radical (unpaired) electrons. The molecule has 0 aliphatic rings. The fourth-order valence-corrected chi connectivity index (χ4v) is 1.52. The first-order valence-corrected chi connectivity index (χ1v) is 5.36. The van der Waals surface area contributed by atoms with Crippen molar-refractivity contribution in [3.8, 4) is 0 Å². The van der Waals surface area contributed by atoms with Crippen LogP contribution in [0.2, 0.25) is 0 Å². The third-order valence-electron chi connectivity index (χ3n) is 2.21. The van der Waals surface area contributed by atoms with E-state index in [-0.39, 0.29) is 18.9 Å². The van der Waals surface area contributed by atoms with E-state index < -0.39 is 23.8 Å². The maximum atomic E-state index is 11.2. The van der Waals surface area contributed by atoms with Crippen LogP contribution in [-0.2, 0) is 14.4 Å². The smallest absolute Gasteiger partial charge is 0.326 e. The maximum absolute atomic E-state index is 11.2. The molecule has 0 aliphatic carbocycles. The Labute approximate surface area is 105 Å². The second-order valence-corrected chi connectivity index (χ2v) is 3.71. The summed E-state index contributed by atoms with van der Waals surface area (Å²) in [6.45, 7) is 2.54. The quantitative estimate of drug-likeness (QED) is 0.313. The molecule has 102 valence electrons. The molecule has 0 heterocycles. The molecule has 0 aromatic rings. The van der Waals surface area contributed by atoms with E-state index in [0.29, 0.717) is 6.42 Å². The van der Waals surface area contributed by atoms with Crippen molar-refractivity contribution in [2.24, 2.45) is 16.5 Å². The summed E-state index contributed by atoms with van der Waals surface area (Å²) < 4.78 is 0. The highest BCUT2D eigenvalue weighted by molar-refractivity contribution is 5.97. The number of nitrogens with two attached hydrogens (primary N) is 2. The van der Waals surface area contributed by atoms with Crippen LogP contribution >= 0.6 is 0 Å². The van der Waals surface area contributed by atoms with Crippen molar-refractivity contribution in [2.75, 3.05) is 6.54 Å². The number of nitrogens with zero attached hydrogens (tertiary/aromatic N) is 2. The van der Waals surface area contributed by atoms with Gasteiger partial charge in [-0.05, 0) is 12.8 Å². The van der Waals surface area contributed by atoms with Crippen molar-refractivity contribution in [3.05, 3.63) is 0 Å². The van der Waals surface area contributed by atoms with Gasteiger partial charge in [0.1, 0.15) is 6.04 Å². The number of aliphatic imine (C=N–C) groups is 1. The predicted molar refractivity (Wildman–Crippen MR) is 64.5 cm³/mol. The summed E-state index contributed by atoms with van der Waals surface area (Å²) in [5.74, 6) is -2.52. The van der Waals surface area contributed by atoms with Crippen LogP contribution in [0.25, 0.3) is 0 Å². The van der Waals surface area contributed by atoms with Gasteiger partial charge in [0.2, 0.25) is 11.8 Å². The van der Waals surface area contributed by atoms with Gasteiger partial charge in [0.25, 0.3) is 0 Å². The van der Waals surface area contributed by atoms with Gasteiger partial charge < -0.3 is 16.6 Å². The molecule has 0 rings (SSSR count). The van der Waals surface area contributed by atoms with Crippen molar-refractivity contribution >= 4 is 23.7 Å². The van der Waals surface area contributed by atoms with Crippen molar-refractivity contribution in [2.45, 2.75) is 32.7 Å². The van der Waals surface area contributed by atoms with Crippen LogP contribution in [-0.4, -0.2) is 46.3 Å². The molecule has 0 aromatic carbocycles. The van der Waals surface area contributed by atoms with Crippen LogP contribution in [0.15, 0.2) is 4.99 Å². The molecule has 0 saturated heterocycles. The number of amides is 2. The largest absolute Gasteiger partial charge is 0.480 e. The zero-order chi connectivity index (χ0) is 14.3. The highest BCUT2D eigenvalue weighted by Crippen LogP contribution is 2.09. The summed E-state index contributed by atoms with van der Waals surface area (Å²) >= 11 is 0. The number of carboxylic acid groups (broad SMARTS) is 1. The highest BCUT2D eigenvalue weighted by Gasteiger charge is 2.30. The van der Waals surface area contributed by atoms with E-state index in [1.807, 2.05) is 0 Å². The van der Waals surface area contributed by atoms with Crippen LogP contribution in [0.4, 0.5) is 0 Å². The third-order valence-corrected chi connectivity index (χ3v) is 2.21. The molecule has 0 aliphatic heterocycles. The minimum absolute atomic E-state index is 0.0862. The normalized spacial score (nSPS) is 11.4. The molecular weight excluding hydrogens is 240 g/mol. The van der Waals surface area contributed by atoms with E-state index in [0.717, 1.165) is 18.7 Å². The lowest BCUT2D eigenvalue weighted by molar-refractivity contribution is -0.156. The number of carboxylic acids is 1. The number of hydrogen-bond acceptors (Lipinski definition) is 4. The molecule has 0 bridgehead atoms. The van der Waals surface area contributed by atoms with Crippen LogP contribution in [0.1, 0.15) is 26.7 Å². The van der Waals surface area contributed by atoms with E-state index >= 15 is 0 Å². The molecule has 1 atom stereocenters. The predicted octanol–water partition coefficient (Wildman–Crippen LogP) is -1.11. The van der Waals surface area contributed by atoms with Crippen LogP contribution in [0, 0.1) is 0 Å². The molecule has 0 saturated carbocycles. The molecule has 0 aromatic heterocycles. The summed E-state index contributed by atoms with van der Waals surface area (Å²) in [4.78, 5) is 38.0. The van der Waals surface area contributed by atoms with E-state index in [1.165, 1.54) is 0 Å². The van der Waals surface area contributed by atoms with E-state index in [2.05, 4.69) is 4.99 Å². The average Bonchev–Trinajstić information content (AvgIpc) is 2.20. The molecule has 18 heavy (non-hydrogen) atoms. The minimum Gasteiger partial charge on any atom is -0.480 e. The van der Waals surface area contributed by atoms with Gasteiger partial charge in [-0.2, -0.15) is 0 Å². The number of rotatable bonds is 6. The topological polar surface area (TPSA) is 139 Å². The fraction of sp³-hybridized carbons (Fsp3) is 0.600. The van der Waals surface area contributed by atoms with Crippen LogP contribution in [0.5, 0.6) is 0 Å². The molecule has 0 spiro atoms. The molecule has 0 fully saturated rings. The first-order chi connectivity index (χ1) is 8.27. The Balaban J connectivity index is 4.65. The zero-order valence-electron chi connectivity index (χ0n) is 10.4. The Hall–Kier alpha value is -2.12. The highest BCUT2D eigenvalue weighted by atomic mass is 16.4. The standard InChI is InChI=1S/C10H18N4O4/c1-6(15)14(7(2)16)8(9(17)18)4-3-5-13-10(11)12/h8H,3-5H2,1-2H3,(H,17,18)(H4,11,12,13). The molecule has 5 N–H and O–H groups in total. The minimum atomic E-state index is -1.23. The van der Waals surface area contributed by atoms with Crippen LogP contribution < -0.4 is 11.5 Å². The van der Waals surface area contributed by atoms with Gasteiger partial charge in [-0.3, -0.25) is 19.5 Å². The zero-order valence-corrected chi connectivity index (χ0v) is 10.4. The van der Waals surface area contributed by atoms with E-state index in [4.69, 9.17) is 16.6 Å². The van der Waals surface area contributed by atoms with Crippen LogP contribution in [0.3, 0.4) is 0 Å². The van der Waals surface area contributed by atoms with Gasteiger partial charge in [0.05, 0.1) is 0 Å². The maximum Gasteiger partial charge on any atom is 0.326 e. The number of imide groups is 1. The van der Waals surface area contributed by atoms with Crippen molar-refractivity contribution in [1.82, 2.24) is 4.90 Å². The first-order valence-electron chi connectivity index (χ1n) is 5.36. The van der Waals surface area contributed by atoms with Gasteiger partial charge in [0.15, 0.2) is 5.96 Å². The molecule has 2 amide bonds. The third kappa shape index (κ3) is 5.28. The van der Waals surface area contributed by atoms with Crippen molar-refractivity contribution in [3.63, 3.8) is 0 Å². The number of carbonyl (C=O) groups is 3. The molecule has 1 unspecified atom stereocenters. The SMILES string of the molecule is CC(=O)N(C(C)=O)C(CCCN=C(N)N)C(=O)O. The summed E-state index contributed by atoms with van der Waals surface area (Å²) in [7, 11) is 0. The Morgan fingerprint density at radius 2 is 1.72 bits per heavy atom. The molecular formula is C10H18N4O4. The number of guanidine groups is 1. The van der Waals surface area contributed by atoms with Gasteiger partial charge in [-0.15, -0.1) is 0 Å². The number of aliphatic carboxylic acids is 1. The number of hydrogen-bond donors (Lipinski definition) is 3. The van der Waals surface area contributed by atoms with E-state index in [1.54, 1.807) is 0 Å². The second kappa shape index (κ2) is 7.25. The molecule has 8 nitrogen and oxygen atoms in total. The van der Waals surface area contributed by atoms with Gasteiger partial charge in [-0.25, -0.2) is 4.79 Å². The first kappa shape index (κ1) is 15.9. The lowest BCUT2D eigenvalue weighted by Crippen LogP contribution is -2.46. The Kier molecular flexibility index (Phi) is 6.40. The Bertz CT molecular complexity index is 349. The summed E-state index contributed by atoms with van der Waals surface area (Å²) in [5, 5.41) is 9.02. The number of carbonyl (C=O) groups excluding carboxylic acids is 2. The Morgan fingerprint density at radius 3 is 2.06 bits per heavy atom. The summed E-state index contributed by atoms with van der Waals surface area (Å²) in [6, 6.07) is -1.19. The monoisotopic (exact) mass is 258 g/mol. The molecule has 8 heteroatoms. The van der Waals surface area contributed by atoms with Gasteiger partial charge in [0, 0.05) is 20.4 Å². The van der Waals surface area contributed by atoms with Gasteiger partial charge in [-0.1, -0.05) is 0 Å². The lowest BCUT2D eigenvalue weighted by atomic mass is 10.1. The van der Waals surface area contributed by atoms with Gasteiger partial charge >= 0.3 is 5.97 Å². The van der Waals surface area contributed by atoms with E-state index in [9.17, 15) is 14.4 Å². The summed E-state index contributed by atoms with van der Waals surface area (Å²) in [6.07, 6.45) is 0.456. The lowest BCUT2D eigenvalue weighted by Gasteiger charge is -2.24. The fourth-order valence-electron chi connectivity index (χ4n) is 1.52. The second-order valence-electron chi connectivity index (χ2n) is 3.71.